The number of nitrogens with one attached hydrogen (secondary N) is 1. The predicted molar refractivity (Wildman–Crippen MR) is 112 cm³/mol. The third-order valence-corrected chi connectivity index (χ3v) is 4.86. The van der Waals surface area contributed by atoms with Crippen molar-refractivity contribution in [3.05, 3.63) is 101 Å². The molecule has 0 saturated heterocycles. The van der Waals surface area contributed by atoms with Crippen LogP contribution in [0.4, 0.5) is 10.1 Å². The van der Waals surface area contributed by atoms with Crippen molar-refractivity contribution in [2.24, 2.45) is 0 Å². The molecule has 1 atom stereocenters. The van der Waals surface area contributed by atoms with Crippen LogP contribution in [0, 0.1) is 5.82 Å². The lowest BCUT2D eigenvalue weighted by molar-refractivity contribution is 0.493. The topological polar surface area (TPSA) is 51.0 Å². The van der Waals surface area contributed by atoms with Crippen molar-refractivity contribution in [1.29, 1.82) is 0 Å². The molecule has 0 saturated carbocycles. The zero-order chi connectivity index (χ0) is 20.2. The Hall–Kier alpha value is -3.18. The van der Waals surface area contributed by atoms with E-state index >= 15 is 0 Å². The SMILES string of the molecule is CCc1cccc(NC(c2ccc(Cl)cc2)c2nnc(-c3cccc(F)c3)o2)c1. The lowest BCUT2D eigenvalue weighted by Crippen LogP contribution is -2.13. The summed E-state index contributed by atoms with van der Waals surface area (Å²) < 4.78 is 19.5. The second kappa shape index (κ2) is 8.45. The normalized spacial score (nSPS) is 12.0. The highest BCUT2D eigenvalue weighted by atomic mass is 35.5. The van der Waals surface area contributed by atoms with Crippen LogP contribution in [0.5, 0.6) is 0 Å². The van der Waals surface area contributed by atoms with Gasteiger partial charge < -0.3 is 9.73 Å². The number of halogens is 2. The summed E-state index contributed by atoms with van der Waals surface area (Å²) in [4.78, 5) is 0. The minimum atomic E-state index is -0.380. The molecule has 1 N–H and O–H groups in total. The van der Waals surface area contributed by atoms with Crippen molar-refractivity contribution < 1.29 is 8.81 Å². The summed E-state index contributed by atoms with van der Waals surface area (Å²) in [6.07, 6.45) is 0.936. The quantitative estimate of drug-likeness (QED) is 0.408. The van der Waals surface area contributed by atoms with E-state index in [1.807, 2.05) is 36.4 Å². The van der Waals surface area contributed by atoms with Crippen molar-refractivity contribution in [2.75, 3.05) is 5.32 Å². The predicted octanol–water partition coefficient (Wildman–Crippen LogP) is 6.29. The van der Waals surface area contributed by atoms with Gasteiger partial charge in [0.2, 0.25) is 11.8 Å². The van der Waals surface area contributed by atoms with Gasteiger partial charge in [-0.15, -0.1) is 10.2 Å². The Morgan fingerprint density at radius 2 is 1.79 bits per heavy atom. The third-order valence-electron chi connectivity index (χ3n) is 4.61. The van der Waals surface area contributed by atoms with Crippen LogP contribution in [0.25, 0.3) is 11.5 Å². The van der Waals surface area contributed by atoms with Crippen LogP contribution in [0.1, 0.15) is 30.0 Å². The number of aromatic nitrogens is 2. The first-order valence-corrected chi connectivity index (χ1v) is 9.70. The summed E-state index contributed by atoms with van der Waals surface area (Å²) in [5.41, 5.74) is 3.61. The molecule has 0 bridgehead atoms. The number of rotatable bonds is 6. The molecular weight excluding hydrogens is 389 g/mol. The third kappa shape index (κ3) is 4.46. The zero-order valence-electron chi connectivity index (χ0n) is 15.8. The Bertz CT molecular complexity index is 1110. The summed E-state index contributed by atoms with van der Waals surface area (Å²) in [6, 6.07) is 21.3. The van der Waals surface area contributed by atoms with Crippen LogP contribution in [0.15, 0.2) is 77.2 Å². The highest BCUT2D eigenvalue weighted by Gasteiger charge is 2.22. The molecule has 146 valence electrons. The number of benzene rings is 3. The van der Waals surface area contributed by atoms with E-state index in [-0.39, 0.29) is 17.7 Å². The van der Waals surface area contributed by atoms with Crippen LogP contribution < -0.4 is 5.32 Å². The maximum absolute atomic E-state index is 13.6. The van der Waals surface area contributed by atoms with Crippen LogP contribution in [0.2, 0.25) is 5.02 Å². The molecule has 0 aliphatic heterocycles. The Kier molecular flexibility index (Phi) is 5.58. The first-order valence-electron chi connectivity index (χ1n) is 9.32. The smallest absolute Gasteiger partial charge is 0.247 e. The molecule has 1 heterocycles. The molecule has 6 heteroatoms. The monoisotopic (exact) mass is 407 g/mol. The van der Waals surface area contributed by atoms with Gasteiger partial charge in [-0.3, -0.25) is 0 Å². The summed E-state index contributed by atoms with van der Waals surface area (Å²) in [7, 11) is 0. The van der Waals surface area contributed by atoms with Crippen molar-refractivity contribution in [3.8, 4) is 11.5 Å². The lowest BCUT2D eigenvalue weighted by atomic mass is 10.1. The molecule has 0 radical (unpaired) electrons. The van der Waals surface area contributed by atoms with Gasteiger partial charge in [0.1, 0.15) is 11.9 Å². The largest absolute Gasteiger partial charge is 0.418 e. The molecule has 1 unspecified atom stereocenters. The lowest BCUT2D eigenvalue weighted by Gasteiger charge is -2.17. The molecule has 3 aromatic carbocycles. The van der Waals surface area contributed by atoms with E-state index in [1.165, 1.54) is 17.7 Å². The average molecular weight is 408 g/mol. The van der Waals surface area contributed by atoms with Gasteiger partial charge in [-0.25, -0.2) is 4.39 Å². The van der Waals surface area contributed by atoms with Gasteiger partial charge in [0.15, 0.2) is 0 Å². The highest BCUT2D eigenvalue weighted by Crippen LogP contribution is 2.29. The summed E-state index contributed by atoms with van der Waals surface area (Å²) in [6.45, 7) is 2.11. The Morgan fingerprint density at radius 3 is 2.55 bits per heavy atom. The van der Waals surface area contributed by atoms with Crippen molar-refractivity contribution in [1.82, 2.24) is 10.2 Å². The van der Waals surface area contributed by atoms with Crippen molar-refractivity contribution >= 4 is 17.3 Å². The average Bonchev–Trinajstić information content (AvgIpc) is 3.23. The maximum Gasteiger partial charge on any atom is 0.247 e. The molecule has 4 nitrogen and oxygen atoms in total. The van der Waals surface area contributed by atoms with E-state index in [0.717, 1.165) is 17.7 Å². The molecule has 0 spiro atoms. The molecular formula is C23H19ClFN3O. The number of anilines is 1. The highest BCUT2D eigenvalue weighted by molar-refractivity contribution is 6.30. The summed E-state index contributed by atoms with van der Waals surface area (Å²) in [5.74, 6) is 0.294. The van der Waals surface area contributed by atoms with Gasteiger partial charge in [0.05, 0.1) is 0 Å². The molecule has 0 aliphatic carbocycles. The first kappa shape index (κ1) is 19.2. The molecule has 1 aromatic heterocycles. The van der Waals surface area contributed by atoms with E-state index < -0.39 is 0 Å². The minimum absolute atomic E-state index is 0.266. The van der Waals surface area contributed by atoms with Gasteiger partial charge in [0, 0.05) is 16.3 Å². The molecule has 0 aliphatic rings. The zero-order valence-corrected chi connectivity index (χ0v) is 16.5. The molecule has 0 amide bonds. The van der Waals surface area contributed by atoms with Crippen molar-refractivity contribution in [2.45, 2.75) is 19.4 Å². The van der Waals surface area contributed by atoms with Gasteiger partial charge in [0.25, 0.3) is 0 Å². The standard InChI is InChI=1S/C23H19ClFN3O/c1-2-15-5-3-8-20(13-15)26-21(16-9-11-18(24)12-10-16)23-28-27-22(29-23)17-6-4-7-19(25)14-17/h3-14,21,26H,2H2,1H3. The minimum Gasteiger partial charge on any atom is -0.418 e. The molecule has 4 aromatic rings. The van der Waals surface area contributed by atoms with Crippen LogP contribution in [-0.2, 0) is 6.42 Å². The molecule has 0 fully saturated rings. The maximum atomic E-state index is 13.6. The number of aryl methyl sites for hydroxylation is 1. The van der Waals surface area contributed by atoms with Gasteiger partial charge in [-0.1, -0.05) is 48.9 Å². The molecule has 29 heavy (non-hydrogen) atoms. The fourth-order valence-electron chi connectivity index (χ4n) is 3.08. The van der Waals surface area contributed by atoms with Crippen LogP contribution >= 0.6 is 11.6 Å². The summed E-state index contributed by atoms with van der Waals surface area (Å²) >= 11 is 6.05. The Balaban J connectivity index is 1.71. The second-order valence-corrected chi connectivity index (χ2v) is 7.08. The number of hydrogen-bond acceptors (Lipinski definition) is 4. The van der Waals surface area contributed by atoms with E-state index in [9.17, 15) is 4.39 Å². The van der Waals surface area contributed by atoms with E-state index in [0.29, 0.717) is 16.5 Å². The van der Waals surface area contributed by atoms with E-state index in [1.54, 1.807) is 12.1 Å². The number of nitrogens with zero attached hydrogens (tertiary/aromatic N) is 2. The second-order valence-electron chi connectivity index (χ2n) is 6.64. The Labute approximate surface area is 173 Å². The van der Waals surface area contributed by atoms with Crippen molar-refractivity contribution in [3.63, 3.8) is 0 Å². The van der Waals surface area contributed by atoms with E-state index in [4.69, 9.17) is 16.0 Å². The summed E-state index contributed by atoms with van der Waals surface area (Å²) in [5, 5.41) is 12.5. The first-order chi connectivity index (χ1) is 14.1. The van der Waals surface area contributed by atoms with E-state index in [2.05, 4.69) is 34.6 Å². The molecule has 4 rings (SSSR count). The van der Waals surface area contributed by atoms with Gasteiger partial charge in [-0.05, 0) is 60.0 Å². The van der Waals surface area contributed by atoms with Crippen LogP contribution in [-0.4, -0.2) is 10.2 Å². The Morgan fingerprint density at radius 1 is 1.00 bits per heavy atom. The fourth-order valence-corrected chi connectivity index (χ4v) is 3.21. The van der Waals surface area contributed by atoms with Gasteiger partial charge >= 0.3 is 0 Å². The number of hydrogen-bond donors (Lipinski definition) is 1. The van der Waals surface area contributed by atoms with Gasteiger partial charge in [-0.2, -0.15) is 0 Å². The van der Waals surface area contributed by atoms with Crippen LogP contribution in [0.3, 0.4) is 0 Å². The fraction of sp³-hybridized carbons (Fsp3) is 0.130.